The molecule has 108 valence electrons. The van der Waals surface area contributed by atoms with E-state index >= 15 is 0 Å². The molecule has 1 aromatic rings. The topological polar surface area (TPSA) is 66.8 Å². The highest BCUT2D eigenvalue weighted by Gasteiger charge is 2.28. The Balaban J connectivity index is 2.01. The number of likely N-dealkylation sites (tertiary alicyclic amines) is 1. The summed E-state index contributed by atoms with van der Waals surface area (Å²) in [6.45, 7) is 1.05. The van der Waals surface area contributed by atoms with E-state index in [9.17, 15) is 14.7 Å². The first-order valence-corrected chi connectivity index (χ1v) is 7.18. The number of methoxy groups -OCH3 is 1. The summed E-state index contributed by atoms with van der Waals surface area (Å²) in [5.74, 6) is -0.419. The van der Waals surface area contributed by atoms with Gasteiger partial charge in [-0.15, -0.1) is 0 Å². The molecule has 0 atom stereocenters. The van der Waals surface area contributed by atoms with Gasteiger partial charge in [-0.25, -0.2) is 0 Å². The third-order valence-electron chi connectivity index (χ3n) is 3.51. The number of carbonyl (C=O) groups excluding carboxylic acids is 2. The highest BCUT2D eigenvalue weighted by molar-refractivity contribution is 9.10. The molecule has 0 unspecified atom stereocenters. The molecular formula is C14H16BrNO4. The standard InChI is InChI=1S/C14H16BrNO4/c1-20-14(19)9-4-6-16(7-5-9)13(18)10-2-3-11(15)12(17)8-10/h2-3,8-9,17H,4-7H2,1H3. The van der Waals surface area contributed by atoms with Gasteiger partial charge in [0.25, 0.3) is 5.91 Å². The van der Waals surface area contributed by atoms with E-state index in [2.05, 4.69) is 15.9 Å². The average Bonchev–Trinajstić information content (AvgIpc) is 2.48. The Morgan fingerprint density at radius 3 is 2.55 bits per heavy atom. The van der Waals surface area contributed by atoms with Crippen molar-refractivity contribution in [2.75, 3.05) is 20.2 Å². The number of hydrogen-bond acceptors (Lipinski definition) is 4. The second-order valence-corrected chi connectivity index (χ2v) is 5.61. The molecule has 1 N–H and O–H groups in total. The number of esters is 1. The van der Waals surface area contributed by atoms with E-state index in [0.717, 1.165) is 0 Å². The SMILES string of the molecule is COC(=O)C1CCN(C(=O)c2ccc(Br)c(O)c2)CC1. The lowest BCUT2D eigenvalue weighted by atomic mass is 9.96. The van der Waals surface area contributed by atoms with E-state index in [-0.39, 0.29) is 23.5 Å². The first kappa shape index (κ1) is 14.8. The summed E-state index contributed by atoms with van der Waals surface area (Å²) in [6, 6.07) is 4.75. The molecule has 5 nitrogen and oxygen atoms in total. The fraction of sp³-hybridized carbons (Fsp3) is 0.429. The minimum atomic E-state index is -0.210. The zero-order valence-electron chi connectivity index (χ0n) is 11.1. The van der Waals surface area contributed by atoms with Gasteiger partial charge in [-0.3, -0.25) is 9.59 Å². The van der Waals surface area contributed by atoms with Gasteiger partial charge >= 0.3 is 5.97 Å². The second-order valence-electron chi connectivity index (χ2n) is 4.76. The molecule has 20 heavy (non-hydrogen) atoms. The minimum Gasteiger partial charge on any atom is -0.507 e. The Morgan fingerprint density at radius 1 is 1.35 bits per heavy atom. The van der Waals surface area contributed by atoms with Crippen LogP contribution in [0.5, 0.6) is 5.75 Å². The summed E-state index contributed by atoms with van der Waals surface area (Å²) in [5.41, 5.74) is 0.446. The second kappa shape index (κ2) is 6.26. The highest BCUT2D eigenvalue weighted by atomic mass is 79.9. The predicted octanol–water partition coefficient (Wildman–Crippen LogP) is 2.18. The lowest BCUT2D eigenvalue weighted by Crippen LogP contribution is -2.40. The number of hydrogen-bond donors (Lipinski definition) is 1. The van der Waals surface area contributed by atoms with Crippen LogP contribution < -0.4 is 0 Å². The highest BCUT2D eigenvalue weighted by Crippen LogP contribution is 2.26. The third-order valence-corrected chi connectivity index (χ3v) is 4.18. The van der Waals surface area contributed by atoms with Crippen LogP contribution in [0.2, 0.25) is 0 Å². The molecule has 2 rings (SSSR count). The number of amides is 1. The lowest BCUT2D eigenvalue weighted by Gasteiger charge is -2.30. The molecule has 1 fully saturated rings. The molecule has 6 heteroatoms. The number of halogens is 1. The molecule has 1 amide bonds. The summed E-state index contributed by atoms with van der Waals surface area (Å²) in [7, 11) is 1.38. The van der Waals surface area contributed by atoms with Gasteiger partial charge in [0.1, 0.15) is 5.75 Å². The first-order valence-electron chi connectivity index (χ1n) is 6.38. The molecule has 0 aromatic heterocycles. The Kier molecular flexibility index (Phi) is 4.65. The quantitative estimate of drug-likeness (QED) is 0.837. The molecule has 0 bridgehead atoms. The fourth-order valence-corrected chi connectivity index (χ4v) is 2.56. The summed E-state index contributed by atoms with van der Waals surface area (Å²) in [6.07, 6.45) is 1.22. The first-order chi connectivity index (χ1) is 9.52. The number of carbonyl (C=O) groups is 2. The molecule has 0 radical (unpaired) electrons. The third kappa shape index (κ3) is 3.12. The number of ether oxygens (including phenoxy) is 1. The van der Waals surface area contributed by atoms with Crippen molar-refractivity contribution in [2.45, 2.75) is 12.8 Å². The van der Waals surface area contributed by atoms with Crippen LogP contribution in [0.3, 0.4) is 0 Å². The van der Waals surface area contributed by atoms with E-state index in [1.54, 1.807) is 17.0 Å². The Morgan fingerprint density at radius 2 is 2.00 bits per heavy atom. The number of nitrogens with zero attached hydrogens (tertiary/aromatic N) is 1. The maximum atomic E-state index is 12.3. The molecule has 1 aromatic carbocycles. The molecule has 1 saturated heterocycles. The molecule has 1 aliphatic rings. The summed E-state index contributed by atoms with van der Waals surface area (Å²) < 4.78 is 5.27. The maximum Gasteiger partial charge on any atom is 0.308 e. The van der Waals surface area contributed by atoms with E-state index in [1.165, 1.54) is 13.2 Å². The van der Waals surface area contributed by atoms with Gasteiger partial charge in [-0.05, 0) is 47.0 Å². The smallest absolute Gasteiger partial charge is 0.308 e. The average molecular weight is 342 g/mol. The van der Waals surface area contributed by atoms with E-state index in [0.29, 0.717) is 36.0 Å². The van der Waals surface area contributed by atoms with Crippen molar-refractivity contribution >= 4 is 27.8 Å². The zero-order valence-corrected chi connectivity index (χ0v) is 12.7. The number of phenols is 1. The Bertz CT molecular complexity index is 524. The predicted molar refractivity (Wildman–Crippen MR) is 76.5 cm³/mol. The lowest BCUT2D eigenvalue weighted by molar-refractivity contribution is -0.146. The number of phenolic OH excluding ortho intramolecular Hbond substituents is 1. The van der Waals surface area contributed by atoms with Crippen molar-refractivity contribution in [3.05, 3.63) is 28.2 Å². The van der Waals surface area contributed by atoms with E-state index in [4.69, 9.17) is 4.74 Å². The monoisotopic (exact) mass is 341 g/mol. The number of piperidine rings is 1. The van der Waals surface area contributed by atoms with E-state index < -0.39 is 0 Å². The van der Waals surface area contributed by atoms with Gasteiger partial charge in [-0.2, -0.15) is 0 Å². The number of rotatable bonds is 2. The number of aromatic hydroxyl groups is 1. The van der Waals surface area contributed by atoms with Crippen LogP contribution in [0.15, 0.2) is 22.7 Å². The van der Waals surface area contributed by atoms with Gasteiger partial charge in [0, 0.05) is 18.7 Å². The van der Waals surface area contributed by atoms with E-state index in [1.807, 2.05) is 0 Å². The normalized spacial score (nSPS) is 16.0. The van der Waals surface area contributed by atoms with Crippen LogP contribution in [-0.2, 0) is 9.53 Å². The van der Waals surface area contributed by atoms with Crippen LogP contribution >= 0.6 is 15.9 Å². The van der Waals surface area contributed by atoms with Gasteiger partial charge in [-0.1, -0.05) is 0 Å². The van der Waals surface area contributed by atoms with Crippen LogP contribution in [0.1, 0.15) is 23.2 Å². The van der Waals surface area contributed by atoms with Gasteiger partial charge in [0.15, 0.2) is 0 Å². The van der Waals surface area contributed by atoms with Crippen molar-refractivity contribution in [2.24, 2.45) is 5.92 Å². The van der Waals surface area contributed by atoms with Gasteiger partial charge in [0.05, 0.1) is 17.5 Å². The van der Waals surface area contributed by atoms with Gasteiger partial charge in [0.2, 0.25) is 0 Å². The molecule has 0 aliphatic carbocycles. The maximum absolute atomic E-state index is 12.3. The van der Waals surface area contributed by atoms with Gasteiger partial charge < -0.3 is 14.7 Å². The van der Waals surface area contributed by atoms with Crippen molar-refractivity contribution in [3.63, 3.8) is 0 Å². The van der Waals surface area contributed by atoms with Crippen molar-refractivity contribution in [3.8, 4) is 5.75 Å². The van der Waals surface area contributed by atoms with Crippen molar-refractivity contribution in [1.82, 2.24) is 4.90 Å². The largest absolute Gasteiger partial charge is 0.507 e. The molecule has 1 heterocycles. The minimum absolute atomic E-state index is 0.0419. The van der Waals surface area contributed by atoms with Crippen molar-refractivity contribution in [1.29, 1.82) is 0 Å². The fourth-order valence-electron chi connectivity index (χ4n) is 2.31. The summed E-state index contributed by atoms with van der Waals surface area (Å²) in [4.78, 5) is 25.4. The Labute approximate surface area is 125 Å². The molecule has 0 spiro atoms. The summed E-state index contributed by atoms with van der Waals surface area (Å²) in [5, 5.41) is 9.62. The van der Waals surface area contributed by atoms with Crippen LogP contribution in [0, 0.1) is 5.92 Å². The summed E-state index contributed by atoms with van der Waals surface area (Å²) >= 11 is 3.18. The molecular weight excluding hydrogens is 326 g/mol. The van der Waals surface area contributed by atoms with Crippen LogP contribution in [0.4, 0.5) is 0 Å². The van der Waals surface area contributed by atoms with Crippen LogP contribution in [0.25, 0.3) is 0 Å². The Hall–Kier alpha value is -1.56. The molecule has 0 saturated carbocycles. The molecule has 1 aliphatic heterocycles. The van der Waals surface area contributed by atoms with Crippen molar-refractivity contribution < 1.29 is 19.4 Å². The van der Waals surface area contributed by atoms with Crippen LogP contribution in [-0.4, -0.2) is 42.1 Å². The zero-order chi connectivity index (χ0) is 14.7. The number of benzene rings is 1.